The summed E-state index contributed by atoms with van der Waals surface area (Å²) in [6.45, 7) is 7.35. The van der Waals surface area contributed by atoms with E-state index in [0.717, 1.165) is 38.9 Å². The van der Waals surface area contributed by atoms with Crippen LogP contribution in [0, 0.1) is 20.8 Å². The van der Waals surface area contributed by atoms with Gasteiger partial charge in [-0.1, -0.05) is 89.5 Å². The zero-order chi connectivity index (χ0) is 26.1. The molecule has 0 amide bonds. The summed E-state index contributed by atoms with van der Waals surface area (Å²) in [5.41, 5.74) is 8.99. The lowest BCUT2D eigenvalue weighted by Crippen LogP contribution is -2.21. The van der Waals surface area contributed by atoms with Gasteiger partial charge in [-0.25, -0.2) is 4.98 Å². The number of rotatable bonds is 5. The molecule has 0 radical (unpaired) electrons. The summed E-state index contributed by atoms with van der Waals surface area (Å²) in [6.07, 6.45) is 1.85. The van der Waals surface area contributed by atoms with E-state index in [1.807, 2.05) is 68.6 Å². The molecular weight excluding hydrogens is 460 g/mol. The third-order valence-electron chi connectivity index (χ3n) is 6.50. The normalized spacial score (nSPS) is 11.0. The first-order valence-electron chi connectivity index (χ1n) is 12.2. The van der Waals surface area contributed by atoms with E-state index in [-0.39, 0.29) is 12.2 Å². The van der Waals surface area contributed by atoms with Crippen LogP contribution in [-0.4, -0.2) is 15.4 Å². The van der Waals surface area contributed by atoms with Gasteiger partial charge in [0.15, 0.2) is 0 Å². The minimum atomic E-state index is -0.426. The van der Waals surface area contributed by atoms with Gasteiger partial charge in [-0.2, -0.15) is 0 Å². The second-order valence-electron chi connectivity index (χ2n) is 9.45. The lowest BCUT2D eigenvalue weighted by Gasteiger charge is -2.16. The van der Waals surface area contributed by atoms with Crippen molar-refractivity contribution in [1.29, 1.82) is 0 Å². The van der Waals surface area contributed by atoms with Gasteiger partial charge in [-0.3, -0.25) is 14.0 Å². The molecule has 0 spiro atoms. The van der Waals surface area contributed by atoms with E-state index in [2.05, 4.69) is 37.3 Å². The Labute approximate surface area is 216 Å². The first kappa shape index (κ1) is 24.2. The Morgan fingerprint density at radius 1 is 0.757 bits per heavy atom. The predicted octanol–water partition coefficient (Wildman–Crippen LogP) is 6.68. The fourth-order valence-corrected chi connectivity index (χ4v) is 4.42. The molecule has 5 nitrogen and oxygen atoms in total. The summed E-state index contributed by atoms with van der Waals surface area (Å²) < 4.78 is 6.96. The highest BCUT2D eigenvalue weighted by molar-refractivity contribution is 5.83. The number of hydrogen-bond acceptors (Lipinski definition) is 4. The SMILES string of the molecule is CC(=O)OCc1nc2c(-c3ccc(C)cc3)cc(-c3ccc(C)cc3)cn2c(=O)c1-c1ccc(C)cc1. The number of benzene rings is 3. The fraction of sp³-hybridized carbons (Fsp3) is 0.156. The highest BCUT2D eigenvalue weighted by atomic mass is 16.5. The molecule has 0 saturated heterocycles. The molecule has 0 atom stereocenters. The zero-order valence-electron chi connectivity index (χ0n) is 21.4. The second-order valence-corrected chi connectivity index (χ2v) is 9.45. The van der Waals surface area contributed by atoms with Crippen molar-refractivity contribution in [3.8, 4) is 33.4 Å². The quantitative estimate of drug-likeness (QED) is 0.259. The van der Waals surface area contributed by atoms with Gasteiger partial charge in [0.05, 0.1) is 11.3 Å². The van der Waals surface area contributed by atoms with Crippen LogP contribution in [-0.2, 0) is 16.1 Å². The molecule has 0 aliphatic rings. The molecule has 37 heavy (non-hydrogen) atoms. The van der Waals surface area contributed by atoms with E-state index in [0.29, 0.717) is 16.9 Å². The van der Waals surface area contributed by atoms with Gasteiger partial charge >= 0.3 is 5.97 Å². The van der Waals surface area contributed by atoms with Crippen molar-refractivity contribution in [1.82, 2.24) is 9.38 Å². The maximum absolute atomic E-state index is 14.1. The number of pyridine rings is 1. The number of carbonyl (C=O) groups excluding carboxylic acids is 1. The number of aryl methyl sites for hydroxylation is 3. The number of esters is 1. The molecule has 0 N–H and O–H groups in total. The average molecular weight is 489 g/mol. The molecule has 3 aromatic carbocycles. The first-order valence-corrected chi connectivity index (χ1v) is 12.2. The van der Waals surface area contributed by atoms with Crippen LogP contribution in [0.4, 0.5) is 0 Å². The van der Waals surface area contributed by atoms with Crippen molar-refractivity contribution in [3.63, 3.8) is 0 Å². The van der Waals surface area contributed by atoms with Crippen molar-refractivity contribution in [3.05, 3.63) is 118 Å². The van der Waals surface area contributed by atoms with Crippen molar-refractivity contribution in [2.75, 3.05) is 0 Å². The Morgan fingerprint density at radius 3 is 1.81 bits per heavy atom. The van der Waals surface area contributed by atoms with Crippen LogP contribution in [0.25, 0.3) is 39.0 Å². The molecule has 184 valence electrons. The topological polar surface area (TPSA) is 60.7 Å². The van der Waals surface area contributed by atoms with E-state index >= 15 is 0 Å². The van der Waals surface area contributed by atoms with Crippen LogP contribution in [0.2, 0.25) is 0 Å². The van der Waals surface area contributed by atoms with E-state index in [1.54, 1.807) is 4.40 Å². The van der Waals surface area contributed by atoms with Gasteiger partial charge in [-0.05, 0) is 49.1 Å². The molecule has 0 aliphatic carbocycles. The Morgan fingerprint density at radius 2 is 1.27 bits per heavy atom. The van der Waals surface area contributed by atoms with Gasteiger partial charge < -0.3 is 4.74 Å². The number of fused-ring (bicyclic) bond motifs is 1. The summed E-state index contributed by atoms with van der Waals surface area (Å²) in [7, 11) is 0. The number of hydrogen-bond donors (Lipinski definition) is 0. The van der Waals surface area contributed by atoms with Gasteiger partial charge in [0.25, 0.3) is 5.56 Å². The Kier molecular flexibility index (Phi) is 6.45. The maximum atomic E-state index is 14.1. The van der Waals surface area contributed by atoms with Crippen molar-refractivity contribution < 1.29 is 9.53 Å². The van der Waals surface area contributed by atoms with Gasteiger partial charge in [0.2, 0.25) is 0 Å². The zero-order valence-corrected chi connectivity index (χ0v) is 21.4. The summed E-state index contributed by atoms with van der Waals surface area (Å²) in [4.78, 5) is 30.7. The van der Waals surface area contributed by atoms with Gasteiger partial charge in [0.1, 0.15) is 12.3 Å². The molecule has 2 aromatic heterocycles. The molecule has 5 aromatic rings. The van der Waals surface area contributed by atoms with E-state index in [1.165, 1.54) is 12.5 Å². The molecule has 5 rings (SSSR count). The summed E-state index contributed by atoms with van der Waals surface area (Å²) in [5, 5.41) is 0. The Bertz CT molecular complexity index is 1660. The van der Waals surface area contributed by atoms with Crippen LogP contribution in [0.1, 0.15) is 29.3 Å². The monoisotopic (exact) mass is 488 g/mol. The molecule has 0 aliphatic heterocycles. The van der Waals surface area contributed by atoms with E-state index in [4.69, 9.17) is 9.72 Å². The predicted molar refractivity (Wildman–Crippen MR) is 147 cm³/mol. The average Bonchev–Trinajstić information content (AvgIpc) is 2.89. The smallest absolute Gasteiger partial charge is 0.303 e. The maximum Gasteiger partial charge on any atom is 0.303 e. The minimum absolute atomic E-state index is 0.0860. The van der Waals surface area contributed by atoms with E-state index in [9.17, 15) is 9.59 Å². The molecular formula is C32H28N2O3. The summed E-state index contributed by atoms with van der Waals surface area (Å²) in [5.74, 6) is -0.426. The van der Waals surface area contributed by atoms with E-state index < -0.39 is 5.97 Å². The lowest BCUT2D eigenvalue weighted by atomic mass is 9.98. The summed E-state index contributed by atoms with van der Waals surface area (Å²) >= 11 is 0. The molecule has 0 fully saturated rings. The first-order chi connectivity index (χ1) is 17.8. The van der Waals surface area contributed by atoms with Crippen molar-refractivity contribution >= 4 is 11.6 Å². The number of carbonyl (C=O) groups is 1. The van der Waals surface area contributed by atoms with Crippen LogP contribution < -0.4 is 5.56 Å². The third-order valence-corrected chi connectivity index (χ3v) is 6.50. The standard InChI is InChI=1S/C32H28N2O3/c1-20-5-11-24(12-6-20)27-17-28(25-13-7-21(2)8-14-25)31-33-29(19-37-23(4)35)30(32(36)34(31)18-27)26-15-9-22(3)10-16-26/h5-18H,19H2,1-4H3. The van der Waals surface area contributed by atoms with Crippen molar-refractivity contribution in [2.45, 2.75) is 34.3 Å². The molecule has 5 heteroatoms. The van der Waals surface area contributed by atoms with Crippen molar-refractivity contribution in [2.24, 2.45) is 0 Å². The number of aromatic nitrogens is 2. The fourth-order valence-electron chi connectivity index (χ4n) is 4.42. The Hall–Kier alpha value is -4.51. The summed E-state index contributed by atoms with van der Waals surface area (Å²) in [6, 6.07) is 26.2. The van der Waals surface area contributed by atoms with Crippen LogP contribution in [0.15, 0.2) is 89.9 Å². The Balaban J connectivity index is 1.85. The minimum Gasteiger partial charge on any atom is -0.459 e. The van der Waals surface area contributed by atoms with Gasteiger partial charge in [0, 0.05) is 18.7 Å². The highest BCUT2D eigenvalue weighted by Crippen LogP contribution is 2.31. The molecule has 0 saturated carbocycles. The third kappa shape index (κ3) is 4.94. The molecule has 2 heterocycles. The van der Waals surface area contributed by atoms with Crippen LogP contribution in [0.3, 0.4) is 0 Å². The largest absolute Gasteiger partial charge is 0.459 e. The second kappa shape index (κ2) is 9.86. The van der Waals surface area contributed by atoms with Crippen LogP contribution >= 0.6 is 0 Å². The molecule has 0 bridgehead atoms. The number of ether oxygens (including phenoxy) is 1. The van der Waals surface area contributed by atoms with Crippen LogP contribution in [0.5, 0.6) is 0 Å². The highest BCUT2D eigenvalue weighted by Gasteiger charge is 2.19. The lowest BCUT2D eigenvalue weighted by molar-refractivity contribution is -0.142. The van der Waals surface area contributed by atoms with Gasteiger partial charge in [-0.15, -0.1) is 0 Å². The number of nitrogens with zero attached hydrogens (tertiary/aromatic N) is 2. The molecule has 0 unspecified atom stereocenters.